The zero-order valence-electron chi connectivity index (χ0n) is 9.81. The summed E-state index contributed by atoms with van der Waals surface area (Å²) in [5.41, 5.74) is 8.26. The Balaban J connectivity index is 2.05. The number of hydrogen-bond donors (Lipinski definition) is 2. The molecule has 3 heterocycles. The lowest BCUT2D eigenvalue weighted by atomic mass is 10.1. The SMILES string of the molecule is Cn1nc(N)cc1Cc1c[nH]c2ncc(F)cc12. The molecule has 0 spiro atoms. The van der Waals surface area contributed by atoms with Gasteiger partial charge in [0.05, 0.1) is 6.20 Å². The monoisotopic (exact) mass is 245 g/mol. The first kappa shape index (κ1) is 10.8. The second kappa shape index (κ2) is 3.83. The molecular weight excluding hydrogens is 233 g/mol. The van der Waals surface area contributed by atoms with Crippen molar-refractivity contribution in [1.29, 1.82) is 0 Å². The lowest BCUT2D eigenvalue weighted by Gasteiger charge is -2.00. The van der Waals surface area contributed by atoms with Gasteiger partial charge in [-0.3, -0.25) is 4.68 Å². The highest BCUT2D eigenvalue weighted by atomic mass is 19.1. The van der Waals surface area contributed by atoms with E-state index in [0.717, 1.165) is 16.6 Å². The summed E-state index contributed by atoms with van der Waals surface area (Å²) in [6.45, 7) is 0. The van der Waals surface area contributed by atoms with Crippen LogP contribution in [-0.2, 0) is 13.5 Å². The smallest absolute Gasteiger partial charge is 0.145 e. The Labute approximate surface area is 102 Å². The van der Waals surface area contributed by atoms with Crippen LogP contribution in [0.5, 0.6) is 0 Å². The number of anilines is 1. The number of nitrogen functional groups attached to an aromatic ring is 1. The van der Waals surface area contributed by atoms with E-state index in [1.165, 1.54) is 12.3 Å². The molecule has 0 saturated heterocycles. The van der Waals surface area contributed by atoms with Crippen LogP contribution in [0.25, 0.3) is 11.0 Å². The van der Waals surface area contributed by atoms with Crippen LogP contribution in [-0.4, -0.2) is 19.7 Å². The van der Waals surface area contributed by atoms with Crippen LogP contribution in [0.1, 0.15) is 11.3 Å². The van der Waals surface area contributed by atoms with Crippen molar-refractivity contribution < 1.29 is 4.39 Å². The van der Waals surface area contributed by atoms with Crippen LogP contribution >= 0.6 is 0 Å². The number of pyridine rings is 1. The van der Waals surface area contributed by atoms with Gasteiger partial charge >= 0.3 is 0 Å². The highest BCUT2D eigenvalue weighted by molar-refractivity contribution is 5.79. The van der Waals surface area contributed by atoms with Crippen molar-refractivity contribution in [3.63, 3.8) is 0 Å². The number of nitrogens with zero attached hydrogens (tertiary/aromatic N) is 3. The van der Waals surface area contributed by atoms with E-state index in [-0.39, 0.29) is 5.82 Å². The van der Waals surface area contributed by atoms with Crippen molar-refractivity contribution in [3.8, 4) is 0 Å². The molecule has 18 heavy (non-hydrogen) atoms. The van der Waals surface area contributed by atoms with Crippen molar-refractivity contribution >= 4 is 16.9 Å². The van der Waals surface area contributed by atoms with Crippen molar-refractivity contribution in [2.75, 3.05) is 5.73 Å². The highest BCUT2D eigenvalue weighted by Crippen LogP contribution is 2.20. The minimum Gasteiger partial charge on any atom is -0.382 e. The van der Waals surface area contributed by atoms with Crippen molar-refractivity contribution in [2.45, 2.75) is 6.42 Å². The Morgan fingerprint density at radius 2 is 2.28 bits per heavy atom. The van der Waals surface area contributed by atoms with Gasteiger partial charge in [0.25, 0.3) is 0 Å². The maximum absolute atomic E-state index is 13.2. The largest absolute Gasteiger partial charge is 0.382 e. The zero-order chi connectivity index (χ0) is 12.7. The van der Waals surface area contributed by atoms with E-state index in [2.05, 4.69) is 15.1 Å². The van der Waals surface area contributed by atoms with Gasteiger partial charge in [0, 0.05) is 36.8 Å². The summed E-state index contributed by atoms with van der Waals surface area (Å²) in [6.07, 6.45) is 3.66. The third-order valence-electron chi connectivity index (χ3n) is 2.95. The summed E-state index contributed by atoms with van der Waals surface area (Å²) >= 11 is 0. The molecular formula is C12H12FN5. The second-order valence-electron chi connectivity index (χ2n) is 4.22. The maximum Gasteiger partial charge on any atom is 0.145 e. The summed E-state index contributed by atoms with van der Waals surface area (Å²) in [6, 6.07) is 3.29. The molecule has 0 aromatic carbocycles. The third kappa shape index (κ3) is 1.71. The third-order valence-corrected chi connectivity index (χ3v) is 2.95. The van der Waals surface area contributed by atoms with Gasteiger partial charge in [-0.15, -0.1) is 0 Å². The Morgan fingerprint density at radius 3 is 3.00 bits per heavy atom. The van der Waals surface area contributed by atoms with Crippen molar-refractivity contribution in [2.24, 2.45) is 7.05 Å². The fourth-order valence-electron chi connectivity index (χ4n) is 2.07. The number of halogens is 1. The van der Waals surface area contributed by atoms with Gasteiger partial charge in [-0.2, -0.15) is 5.10 Å². The number of hydrogen-bond acceptors (Lipinski definition) is 3. The van der Waals surface area contributed by atoms with Gasteiger partial charge in [0.15, 0.2) is 0 Å². The molecule has 6 heteroatoms. The molecule has 0 radical (unpaired) electrons. The van der Waals surface area contributed by atoms with Crippen molar-refractivity contribution in [3.05, 3.63) is 41.6 Å². The predicted molar refractivity (Wildman–Crippen MR) is 66.5 cm³/mol. The summed E-state index contributed by atoms with van der Waals surface area (Å²) in [5, 5.41) is 4.87. The van der Waals surface area contributed by atoms with Crippen LogP contribution in [0.4, 0.5) is 10.2 Å². The Morgan fingerprint density at radius 1 is 1.44 bits per heavy atom. The number of aromatic nitrogens is 4. The molecule has 5 nitrogen and oxygen atoms in total. The highest BCUT2D eigenvalue weighted by Gasteiger charge is 2.09. The second-order valence-corrected chi connectivity index (χ2v) is 4.22. The van der Waals surface area contributed by atoms with E-state index in [4.69, 9.17) is 5.73 Å². The summed E-state index contributed by atoms with van der Waals surface area (Å²) < 4.78 is 14.9. The van der Waals surface area contributed by atoms with Gasteiger partial charge in [-0.1, -0.05) is 0 Å². The Kier molecular flexibility index (Phi) is 2.29. The van der Waals surface area contributed by atoms with E-state index in [0.29, 0.717) is 17.9 Å². The molecule has 3 aromatic rings. The van der Waals surface area contributed by atoms with Crippen LogP contribution < -0.4 is 5.73 Å². The first-order valence-electron chi connectivity index (χ1n) is 5.53. The lowest BCUT2D eigenvalue weighted by molar-refractivity contribution is 0.624. The number of H-pyrrole nitrogens is 1. The summed E-state index contributed by atoms with van der Waals surface area (Å²) in [4.78, 5) is 7.02. The topological polar surface area (TPSA) is 72.5 Å². The van der Waals surface area contributed by atoms with Gasteiger partial charge in [-0.05, 0) is 11.6 Å². The Hall–Kier alpha value is -2.37. The number of rotatable bonds is 2. The fourth-order valence-corrected chi connectivity index (χ4v) is 2.07. The number of nitrogens with one attached hydrogen (secondary N) is 1. The van der Waals surface area contributed by atoms with E-state index in [1.54, 1.807) is 4.68 Å². The maximum atomic E-state index is 13.2. The van der Waals surface area contributed by atoms with Gasteiger partial charge < -0.3 is 10.7 Å². The zero-order valence-corrected chi connectivity index (χ0v) is 9.81. The Bertz CT molecular complexity index is 712. The summed E-state index contributed by atoms with van der Waals surface area (Å²) in [5.74, 6) is 0.143. The van der Waals surface area contributed by atoms with Crippen molar-refractivity contribution in [1.82, 2.24) is 19.7 Å². The minimum atomic E-state index is -0.340. The first-order chi connectivity index (χ1) is 8.63. The molecule has 0 bridgehead atoms. The predicted octanol–water partition coefficient (Wildman–Crippen LogP) is 1.61. The van der Waals surface area contributed by atoms with Gasteiger partial charge in [0.1, 0.15) is 17.3 Å². The van der Waals surface area contributed by atoms with Crippen LogP contribution in [0.2, 0.25) is 0 Å². The average Bonchev–Trinajstić information content (AvgIpc) is 2.84. The van der Waals surface area contributed by atoms with E-state index in [9.17, 15) is 4.39 Å². The van der Waals surface area contributed by atoms with Crippen LogP contribution in [0.15, 0.2) is 24.5 Å². The standard InChI is InChI=1S/C12H12FN5/c1-18-9(4-11(14)17-18)2-7-5-15-12-10(7)3-8(13)6-16-12/h3-6H,2H2,1H3,(H2,14,17)(H,15,16). The molecule has 0 aliphatic heterocycles. The fraction of sp³-hybridized carbons (Fsp3) is 0.167. The molecule has 3 rings (SSSR count). The molecule has 0 amide bonds. The minimum absolute atomic E-state index is 0.340. The molecule has 3 N–H and O–H groups in total. The quantitative estimate of drug-likeness (QED) is 0.720. The first-order valence-corrected chi connectivity index (χ1v) is 5.53. The molecule has 92 valence electrons. The summed E-state index contributed by atoms with van der Waals surface area (Å²) in [7, 11) is 1.83. The molecule has 0 aliphatic rings. The molecule has 3 aromatic heterocycles. The van der Waals surface area contributed by atoms with E-state index < -0.39 is 0 Å². The molecule has 0 unspecified atom stereocenters. The van der Waals surface area contributed by atoms with Gasteiger partial charge in [0.2, 0.25) is 0 Å². The molecule has 0 aliphatic carbocycles. The van der Waals surface area contributed by atoms with E-state index in [1.807, 2.05) is 19.3 Å². The van der Waals surface area contributed by atoms with Crippen LogP contribution in [0, 0.1) is 5.82 Å². The average molecular weight is 245 g/mol. The number of aryl methyl sites for hydroxylation is 1. The molecule has 0 atom stereocenters. The normalized spacial score (nSPS) is 11.2. The van der Waals surface area contributed by atoms with E-state index >= 15 is 0 Å². The molecule has 0 fully saturated rings. The number of nitrogens with two attached hydrogens (primary N) is 1. The number of fused-ring (bicyclic) bond motifs is 1. The lowest BCUT2D eigenvalue weighted by Crippen LogP contribution is -1.99. The number of aromatic amines is 1. The van der Waals surface area contributed by atoms with Crippen LogP contribution in [0.3, 0.4) is 0 Å². The molecule has 0 saturated carbocycles. The van der Waals surface area contributed by atoms with Gasteiger partial charge in [-0.25, -0.2) is 9.37 Å².